The van der Waals surface area contributed by atoms with E-state index < -0.39 is 11.0 Å². The van der Waals surface area contributed by atoms with Crippen molar-refractivity contribution in [3.63, 3.8) is 0 Å². The number of hydrogen-bond donors (Lipinski definition) is 1. The van der Waals surface area contributed by atoms with E-state index in [4.69, 9.17) is 21.1 Å². The Morgan fingerprint density at radius 1 is 1.07 bits per heavy atom. The molecular weight excluding hydrogens is 580 g/mol. The topological polar surface area (TPSA) is 67.9 Å². The molecule has 2 aromatic rings. The Bertz CT molecular complexity index is 1270. The lowest BCUT2D eigenvalue weighted by Gasteiger charge is -2.41. The number of unbranched alkanes of at least 4 members (excludes halogenated alkanes) is 1. The van der Waals surface area contributed by atoms with E-state index in [2.05, 4.69) is 35.6 Å². The number of anilines is 1. The van der Waals surface area contributed by atoms with E-state index in [1.54, 1.807) is 7.11 Å². The lowest BCUT2D eigenvalue weighted by atomic mass is 9.70. The third-order valence-corrected chi connectivity index (χ3v) is 11.9. The summed E-state index contributed by atoms with van der Waals surface area (Å²) in [4.78, 5) is 16.0. The van der Waals surface area contributed by atoms with Crippen LogP contribution in [0.3, 0.4) is 0 Å². The molecule has 0 saturated heterocycles. The van der Waals surface area contributed by atoms with Gasteiger partial charge < -0.3 is 14.4 Å². The van der Waals surface area contributed by atoms with Gasteiger partial charge in [0.1, 0.15) is 16.7 Å². The highest BCUT2D eigenvalue weighted by Crippen LogP contribution is 2.43. The fourth-order valence-corrected chi connectivity index (χ4v) is 8.73. The van der Waals surface area contributed by atoms with E-state index in [0.717, 1.165) is 67.6 Å². The standard InChI is InChI=1S/C35H49ClN2O4S/c1-4-5-9-26-19-30(36)14-15-31(26)29-22-38-21-28-12-11-25(28)10-7-6-8-24(2)34(17-18-41-3)43(40)37-35(39)27-13-16-33(42-23-29)32(38)20-27/h13-16,19-20,24-25,28-29,34H,4-12,17-18,21-23H2,1-3H3,(H,37,39). The number of amides is 1. The molecule has 0 radical (unpaired) electrons. The van der Waals surface area contributed by atoms with Crippen LogP contribution in [0, 0.1) is 17.8 Å². The fraction of sp³-hybridized carbons (Fsp3) is 0.629. The van der Waals surface area contributed by atoms with Crippen LogP contribution < -0.4 is 14.4 Å². The van der Waals surface area contributed by atoms with Crippen LogP contribution in [0.15, 0.2) is 36.4 Å². The number of ether oxygens (including phenoxy) is 2. The van der Waals surface area contributed by atoms with E-state index in [0.29, 0.717) is 31.1 Å². The van der Waals surface area contributed by atoms with Gasteiger partial charge >= 0.3 is 0 Å². The second-order valence-electron chi connectivity index (χ2n) is 12.9. The number of halogens is 1. The van der Waals surface area contributed by atoms with E-state index in [9.17, 15) is 9.00 Å². The van der Waals surface area contributed by atoms with Gasteiger partial charge in [-0.2, -0.15) is 0 Å². The smallest absolute Gasteiger partial charge is 0.263 e. The highest BCUT2D eigenvalue weighted by Gasteiger charge is 2.35. The summed E-state index contributed by atoms with van der Waals surface area (Å²) >= 11 is 6.45. The first kappa shape index (κ1) is 32.3. The summed E-state index contributed by atoms with van der Waals surface area (Å²) in [5.41, 5.74) is 4.11. The molecule has 5 rings (SSSR count). The van der Waals surface area contributed by atoms with Crippen molar-refractivity contribution in [2.24, 2.45) is 17.8 Å². The van der Waals surface area contributed by atoms with Gasteiger partial charge in [-0.15, -0.1) is 0 Å². The monoisotopic (exact) mass is 628 g/mol. The second kappa shape index (κ2) is 15.3. The van der Waals surface area contributed by atoms with Crippen LogP contribution in [-0.4, -0.2) is 48.8 Å². The highest BCUT2D eigenvalue weighted by atomic mass is 35.5. The maximum absolute atomic E-state index is 13.5. The molecule has 3 aliphatic rings. The zero-order valence-corrected chi connectivity index (χ0v) is 27.7. The average Bonchev–Trinajstić information content (AvgIpc) is 3.16. The van der Waals surface area contributed by atoms with Gasteiger partial charge in [-0.05, 0) is 97.7 Å². The van der Waals surface area contributed by atoms with E-state index in [-0.39, 0.29) is 23.0 Å². The Balaban J connectivity index is 1.47. The summed E-state index contributed by atoms with van der Waals surface area (Å²) in [6.45, 7) is 7.28. The number of nitrogens with one attached hydrogen (secondary N) is 1. The first-order valence-corrected chi connectivity index (χ1v) is 18.0. The van der Waals surface area contributed by atoms with Crippen LogP contribution in [0.25, 0.3) is 0 Å². The number of carbonyl (C=O) groups is 1. The molecule has 6 atom stereocenters. The van der Waals surface area contributed by atoms with Gasteiger partial charge in [-0.1, -0.05) is 57.2 Å². The molecule has 1 saturated carbocycles. The molecule has 1 fully saturated rings. The predicted octanol–water partition coefficient (Wildman–Crippen LogP) is 7.70. The van der Waals surface area contributed by atoms with Gasteiger partial charge in [0.25, 0.3) is 5.91 Å². The number of aryl methyl sites for hydroxylation is 1. The highest BCUT2D eigenvalue weighted by molar-refractivity contribution is 7.84. The van der Waals surface area contributed by atoms with E-state index >= 15 is 0 Å². The number of fused-ring (bicyclic) bond motifs is 2. The quantitative estimate of drug-likeness (QED) is 0.340. The van der Waals surface area contributed by atoms with Crippen molar-refractivity contribution in [1.82, 2.24) is 4.72 Å². The Labute approximate surface area is 265 Å². The van der Waals surface area contributed by atoms with Crippen molar-refractivity contribution in [3.8, 4) is 5.75 Å². The zero-order chi connectivity index (χ0) is 30.3. The number of methoxy groups -OCH3 is 1. The molecule has 236 valence electrons. The minimum absolute atomic E-state index is 0.143. The van der Waals surface area contributed by atoms with Crippen molar-refractivity contribution >= 4 is 34.2 Å². The summed E-state index contributed by atoms with van der Waals surface area (Å²) in [5, 5.41) is 0.637. The summed E-state index contributed by atoms with van der Waals surface area (Å²) < 4.78 is 28.2. The molecular formula is C35H49ClN2O4S. The second-order valence-corrected chi connectivity index (χ2v) is 14.8. The number of rotatable bonds is 7. The summed E-state index contributed by atoms with van der Waals surface area (Å²) in [6, 6.07) is 12.0. The average molecular weight is 629 g/mol. The first-order chi connectivity index (χ1) is 20.9. The van der Waals surface area contributed by atoms with Crippen molar-refractivity contribution < 1.29 is 18.5 Å². The molecule has 43 heavy (non-hydrogen) atoms. The largest absolute Gasteiger partial charge is 0.491 e. The molecule has 1 amide bonds. The van der Waals surface area contributed by atoms with Crippen LogP contribution in [0.4, 0.5) is 5.69 Å². The number of benzene rings is 2. The molecule has 2 aliphatic heterocycles. The third-order valence-electron chi connectivity index (χ3n) is 10.0. The van der Waals surface area contributed by atoms with E-state index in [1.165, 1.54) is 36.8 Å². The first-order valence-electron chi connectivity index (χ1n) is 16.4. The lowest BCUT2D eigenvalue weighted by Crippen LogP contribution is -2.40. The maximum atomic E-state index is 13.5. The van der Waals surface area contributed by atoms with Gasteiger partial charge in [0.05, 0.1) is 17.5 Å². The Morgan fingerprint density at radius 2 is 1.88 bits per heavy atom. The Kier molecular flexibility index (Phi) is 11.5. The van der Waals surface area contributed by atoms with Gasteiger partial charge in [0, 0.05) is 43.3 Å². The molecule has 6 nitrogen and oxygen atoms in total. The van der Waals surface area contributed by atoms with Crippen molar-refractivity contribution in [3.05, 3.63) is 58.1 Å². The van der Waals surface area contributed by atoms with Crippen molar-refractivity contribution in [2.75, 3.05) is 38.3 Å². The number of hydrogen-bond acceptors (Lipinski definition) is 5. The van der Waals surface area contributed by atoms with Gasteiger partial charge in [-0.25, -0.2) is 4.21 Å². The number of nitrogens with zero attached hydrogens (tertiary/aromatic N) is 1. The maximum Gasteiger partial charge on any atom is 0.263 e. The normalized spacial score (nSPS) is 28.2. The van der Waals surface area contributed by atoms with Gasteiger partial charge in [0.2, 0.25) is 0 Å². The molecule has 2 heterocycles. The third kappa shape index (κ3) is 7.96. The zero-order valence-electron chi connectivity index (χ0n) is 26.1. The SMILES string of the molecule is CCCCc1cc(Cl)ccc1C1COc2ccc3cc2N(C1)CC1CCC1CCCCC(C)C(CCOC)S(=O)NC3=O. The molecule has 0 spiro atoms. The minimum atomic E-state index is -1.50. The van der Waals surface area contributed by atoms with Crippen LogP contribution in [0.2, 0.25) is 5.02 Å². The van der Waals surface area contributed by atoms with Crippen molar-refractivity contribution in [2.45, 2.75) is 89.2 Å². The van der Waals surface area contributed by atoms with Gasteiger partial charge in [0.15, 0.2) is 0 Å². The molecule has 6 unspecified atom stereocenters. The molecule has 2 aromatic carbocycles. The predicted molar refractivity (Wildman–Crippen MR) is 177 cm³/mol. The van der Waals surface area contributed by atoms with Gasteiger partial charge in [-0.3, -0.25) is 9.52 Å². The molecule has 1 aliphatic carbocycles. The molecule has 1 N–H and O–H groups in total. The summed E-state index contributed by atoms with van der Waals surface area (Å²) in [6.07, 6.45) is 11.0. The van der Waals surface area contributed by atoms with Crippen LogP contribution in [-0.2, 0) is 22.1 Å². The summed E-state index contributed by atoms with van der Waals surface area (Å²) in [5.74, 6) is 2.31. The molecule has 0 aromatic heterocycles. The van der Waals surface area contributed by atoms with Crippen LogP contribution in [0.1, 0.15) is 99.0 Å². The molecule has 2 bridgehead atoms. The van der Waals surface area contributed by atoms with Crippen LogP contribution >= 0.6 is 11.6 Å². The van der Waals surface area contributed by atoms with Crippen LogP contribution in [0.5, 0.6) is 5.75 Å². The summed E-state index contributed by atoms with van der Waals surface area (Å²) in [7, 11) is 0.168. The lowest BCUT2D eigenvalue weighted by molar-refractivity contribution is 0.0982. The fourth-order valence-electron chi connectivity index (χ4n) is 7.22. The molecule has 8 heteroatoms. The van der Waals surface area contributed by atoms with E-state index in [1.807, 2.05) is 24.3 Å². The minimum Gasteiger partial charge on any atom is -0.491 e. The Morgan fingerprint density at radius 3 is 2.65 bits per heavy atom. The van der Waals surface area contributed by atoms with Crippen molar-refractivity contribution in [1.29, 1.82) is 0 Å². The number of carbonyl (C=O) groups excluding carboxylic acids is 1. The Hall–Kier alpha value is -2.09.